The standard InChI is InChI=1S/C23H28N2O3/c26-23(24-15-20-17-27-21-8-4-5-9-22(21)28-20)16-25-12-10-19(11-13-25)14-18-6-2-1-3-7-18/h1-9,19-20H,10-17H2,(H,24,26)/t20-/m1/s1. The fourth-order valence-electron chi connectivity index (χ4n) is 3.95. The van der Waals surface area contributed by atoms with Gasteiger partial charge in [-0.1, -0.05) is 42.5 Å². The van der Waals surface area contributed by atoms with Gasteiger partial charge in [0.15, 0.2) is 11.5 Å². The number of ether oxygens (including phenoxy) is 2. The highest BCUT2D eigenvalue weighted by Crippen LogP contribution is 2.30. The monoisotopic (exact) mass is 380 g/mol. The van der Waals surface area contributed by atoms with Gasteiger partial charge in [-0.15, -0.1) is 0 Å². The fourth-order valence-corrected chi connectivity index (χ4v) is 3.95. The lowest BCUT2D eigenvalue weighted by atomic mass is 9.90. The summed E-state index contributed by atoms with van der Waals surface area (Å²) in [5, 5.41) is 3.00. The first-order valence-corrected chi connectivity index (χ1v) is 10.2. The van der Waals surface area contributed by atoms with Gasteiger partial charge in [-0.05, 0) is 56.0 Å². The summed E-state index contributed by atoms with van der Waals surface area (Å²) in [4.78, 5) is 14.6. The summed E-state index contributed by atoms with van der Waals surface area (Å²) in [6, 6.07) is 18.3. The molecule has 1 fully saturated rings. The molecule has 2 aliphatic rings. The van der Waals surface area contributed by atoms with E-state index in [0.29, 0.717) is 19.7 Å². The molecule has 1 atom stereocenters. The van der Waals surface area contributed by atoms with E-state index in [4.69, 9.17) is 9.47 Å². The number of carbonyl (C=O) groups excluding carboxylic acids is 1. The molecule has 28 heavy (non-hydrogen) atoms. The summed E-state index contributed by atoms with van der Waals surface area (Å²) in [7, 11) is 0. The van der Waals surface area contributed by atoms with Gasteiger partial charge in [0.2, 0.25) is 5.91 Å². The molecule has 0 radical (unpaired) electrons. The molecular formula is C23H28N2O3. The number of carbonyl (C=O) groups is 1. The maximum absolute atomic E-state index is 12.3. The first kappa shape index (κ1) is 18.8. The summed E-state index contributed by atoms with van der Waals surface area (Å²) in [6.07, 6.45) is 3.30. The Morgan fingerprint density at radius 1 is 1.00 bits per heavy atom. The molecule has 0 unspecified atom stereocenters. The molecule has 1 N–H and O–H groups in total. The topological polar surface area (TPSA) is 50.8 Å². The van der Waals surface area contributed by atoms with Crippen LogP contribution in [0.3, 0.4) is 0 Å². The van der Waals surface area contributed by atoms with E-state index in [9.17, 15) is 4.79 Å². The van der Waals surface area contributed by atoms with Crippen LogP contribution >= 0.6 is 0 Å². The van der Waals surface area contributed by atoms with Crippen LogP contribution in [0.1, 0.15) is 18.4 Å². The minimum atomic E-state index is -0.143. The summed E-state index contributed by atoms with van der Waals surface area (Å²) >= 11 is 0. The van der Waals surface area contributed by atoms with E-state index >= 15 is 0 Å². The van der Waals surface area contributed by atoms with E-state index in [1.54, 1.807) is 0 Å². The number of likely N-dealkylation sites (tertiary alicyclic amines) is 1. The van der Waals surface area contributed by atoms with E-state index < -0.39 is 0 Å². The van der Waals surface area contributed by atoms with Crippen molar-refractivity contribution >= 4 is 5.91 Å². The van der Waals surface area contributed by atoms with Crippen molar-refractivity contribution in [1.29, 1.82) is 0 Å². The van der Waals surface area contributed by atoms with Crippen molar-refractivity contribution < 1.29 is 14.3 Å². The highest BCUT2D eigenvalue weighted by atomic mass is 16.6. The number of hydrogen-bond donors (Lipinski definition) is 1. The lowest BCUT2D eigenvalue weighted by Gasteiger charge is -2.32. The summed E-state index contributed by atoms with van der Waals surface area (Å²) in [5.41, 5.74) is 1.41. The molecule has 2 aromatic carbocycles. The highest BCUT2D eigenvalue weighted by Gasteiger charge is 2.23. The molecule has 0 bridgehead atoms. The van der Waals surface area contributed by atoms with Crippen LogP contribution in [0.25, 0.3) is 0 Å². The summed E-state index contributed by atoms with van der Waals surface area (Å²) in [6.45, 7) is 3.37. The average molecular weight is 380 g/mol. The molecule has 5 nitrogen and oxygen atoms in total. The Balaban J connectivity index is 1.15. The zero-order valence-corrected chi connectivity index (χ0v) is 16.2. The predicted octanol–water partition coefficient (Wildman–Crippen LogP) is 2.90. The number of amides is 1. The predicted molar refractivity (Wildman–Crippen MR) is 109 cm³/mol. The van der Waals surface area contributed by atoms with Gasteiger partial charge in [0.1, 0.15) is 12.7 Å². The van der Waals surface area contributed by atoms with Gasteiger partial charge < -0.3 is 14.8 Å². The number of para-hydroxylation sites is 2. The second-order valence-corrected chi connectivity index (χ2v) is 7.71. The molecule has 0 aromatic heterocycles. The van der Waals surface area contributed by atoms with Crippen LogP contribution in [-0.4, -0.2) is 49.7 Å². The smallest absolute Gasteiger partial charge is 0.234 e. The van der Waals surface area contributed by atoms with Crippen molar-refractivity contribution in [3.05, 3.63) is 60.2 Å². The van der Waals surface area contributed by atoms with Gasteiger partial charge in [0.25, 0.3) is 0 Å². The van der Waals surface area contributed by atoms with Crippen LogP contribution in [0, 0.1) is 5.92 Å². The Morgan fingerprint density at radius 2 is 1.71 bits per heavy atom. The number of benzene rings is 2. The van der Waals surface area contributed by atoms with E-state index in [1.807, 2.05) is 24.3 Å². The van der Waals surface area contributed by atoms with E-state index in [0.717, 1.165) is 49.8 Å². The largest absolute Gasteiger partial charge is 0.486 e. The van der Waals surface area contributed by atoms with Gasteiger partial charge in [-0.2, -0.15) is 0 Å². The number of rotatable bonds is 6. The quantitative estimate of drug-likeness (QED) is 0.837. The third-order valence-electron chi connectivity index (χ3n) is 5.54. The first-order valence-electron chi connectivity index (χ1n) is 10.2. The molecule has 0 aliphatic carbocycles. The first-order chi connectivity index (χ1) is 13.8. The maximum Gasteiger partial charge on any atom is 0.234 e. The van der Waals surface area contributed by atoms with Crippen molar-refractivity contribution in [2.75, 3.05) is 32.8 Å². The van der Waals surface area contributed by atoms with Crippen LogP contribution < -0.4 is 14.8 Å². The minimum Gasteiger partial charge on any atom is -0.486 e. The molecule has 2 heterocycles. The summed E-state index contributed by atoms with van der Waals surface area (Å²) in [5.74, 6) is 2.29. The van der Waals surface area contributed by atoms with E-state index in [1.165, 1.54) is 5.56 Å². The van der Waals surface area contributed by atoms with Crippen LogP contribution in [0.4, 0.5) is 0 Å². The van der Waals surface area contributed by atoms with Gasteiger partial charge >= 0.3 is 0 Å². The minimum absolute atomic E-state index is 0.0592. The van der Waals surface area contributed by atoms with Crippen LogP contribution in [0.2, 0.25) is 0 Å². The SMILES string of the molecule is O=C(CN1CCC(Cc2ccccc2)CC1)NC[C@@H]1COc2ccccc2O1. The lowest BCUT2D eigenvalue weighted by Crippen LogP contribution is -2.45. The second-order valence-electron chi connectivity index (χ2n) is 7.71. The third-order valence-corrected chi connectivity index (χ3v) is 5.54. The van der Waals surface area contributed by atoms with Gasteiger partial charge in [-0.25, -0.2) is 0 Å². The summed E-state index contributed by atoms with van der Waals surface area (Å²) < 4.78 is 11.6. The average Bonchev–Trinajstić information content (AvgIpc) is 2.74. The third kappa shape index (κ3) is 5.04. The normalized spacial score (nSPS) is 19.9. The number of hydrogen-bond acceptors (Lipinski definition) is 4. The van der Waals surface area contributed by atoms with Gasteiger partial charge in [0, 0.05) is 0 Å². The van der Waals surface area contributed by atoms with E-state index in [-0.39, 0.29) is 12.0 Å². The molecule has 148 valence electrons. The number of piperidine rings is 1. The number of fused-ring (bicyclic) bond motifs is 1. The second kappa shape index (κ2) is 9.11. The Morgan fingerprint density at radius 3 is 2.50 bits per heavy atom. The zero-order chi connectivity index (χ0) is 19.2. The molecule has 4 rings (SSSR count). The molecule has 0 spiro atoms. The van der Waals surface area contributed by atoms with Crippen molar-refractivity contribution in [3.8, 4) is 11.5 Å². The van der Waals surface area contributed by atoms with Crippen LogP contribution in [0.5, 0.6) is 11.5 Å². The van der Waals surface area contributed by atoms with Crippen molar-refractivity contribution in [1.82, 2.24) is 10.2 Å². The van der Waals surface area contributed by atoms with Gasteiger partial charge in [-0.3, -0.25) is 9.69 Å². The molecule has 2 aliphatic heterocycles. The zero-order valence-electron chi connectivity index (χ0n) is 16.2. The molecule has 1 saturated heterocycles. The Kier molecular flexibility index (Phi) is 6.12. The van der Waals surface area contributed by atoms with Crippen LogP contribution in [-0.2, 0) is 11.2 Å². The highest BCUT2D eigenvalue weighted by molar-refractivity contribution is 5.78. The fraction of sp³-hybridized carbons (Fsp3) is 0.435. The molecule has 1 amide bonds. The molecular weight excluding hydrogens is 352 g/mol. The maximum atomic E-state index is 12.3. The lowest BCUT2D eigenvalue weighted by molar-refractivity contribution is -0.123. The van der Waals surface area contributed by atoms with Crippen LogP contribution in [0.15, 0.2) is 54.6 Å². The Hall–Kier alpha value is -2.53. The van der Waals surface area contributed by atoms with E-state index in [2.05, 4.69) is 40.5 Å². The molecule has 2 aromatic rings. The van der Waals surface area contributed by atoms with Crippen molar-refractivity contribution in [2.45, 2.75) is 25.4 Å². The Bertz CT molecular complexity index is 772. The molecule has 5 heteroatoms. The van der Waals surface area contributed by atoms with Crippen molar-refractivity contribution in [3.63, 3.8) is 0 Å². The van der Waals surface area contributed by atoms with Gasteiger partial charge in [0.05, 0.1) is 13.1 Å². The molecule has 0 saturated carbocycles. The Labute approximate surface area is 166 Å². The number of nitrogens with zero attached hydrogens (tertiary/aromatic N) is 1. The number of nitrogens with one attached hydrogen (secondary N) is 1. The van der Waals surface area contributed by atoms with Crippen molar-refractivity contribution in [2.24, 2.45) is 5.92 Å².